The zero-order valence-electron chi connectivity index (χ0n) is 19.4. The van der Waals surface area contributed by atoms with Crippen molar-refractivity contribution in [1.82, 2.24) is 4.90 Å². The summed E-state index contributed by atoms with van der Waals surface area (Å²) in [4.78, 5) is 16.2. The molecule has 8 nitrogen and oxygen atoms in total. The standard InChI is InChI=1S/C24H34N4O4S/c1-32-22-10-6-5-9-21(22)28-16-14-27(15-17-28)13-7-3-4-8-19-11-12-23(33(2,30)31)20(18-19)26-24(25)29/h5-6,9-12,18H,3-4,7-8,13-17H2,1-2H3,(H3,25,26,29). The number of nitrogens with zero attached hydrogens (tertiary/aromatic N) is 2. The number of ether oxygens (including phenoxy) is 1. The van der Waals surface area contributed by atoms with Gasteiger partial charge >= 0.3 is 6.03 Å². The van der Waals surface area contributed by atoms with E-state index in [1.807, 2.05) is 18.2 Å². The highest BCUT2D eigenvalue weighted by Gasteiger charge is 2.19. The van der Waals surface area contributed by atoms with E-state index in [0.29, 0.717) is 0 Å². The molecular formula is C24H34N4O4S. The van der Waals surface area contributed by atoms with Crippen molar-refractivity contribution in [3.05, 3.63) is 48.0 Å². The number of piperazine rings is 1. The lowest BCUT2D eigenvalue weighted by molar-refractivity contribution is 0.251. The van der Waals surface area contributed by atoms with E-state index < -0.39 is 15.9 Å². The summed E-state index contributed by atoms with van der Waals surface area (Å²) >= 11 is 0. The third kappa shape index (κ3) is 7.10. The monoisotopic (exact) mass is 474 g/mol. The maximum Gasteiger partial charge on any atom is 0.316 e. The van der Waals surface area contributed by atoms with Crippen molar-refractivity contribution in [2.45, 2.75) is 30.6 Å². The van der Waals surface area contributed by atoms with Gasteiger partial charge < -0.3 is 20.7 Å². The maximum atomic E-state index is 11.9. The Hall–Kier alpha value is -2.78. The molecule has 3 N–H and O–H groups in total. The van der Waals surface area contributed by atoms with Crippen molar-refractivity contribution in [1.29, 1.82) is 0 Å². The molecule has 0 bridgehead atoms. The number of rotatable bonds is 10. The van der Waals surface area contributed by atoms with Gasteiger partial charge in [0.25, 0.3) is 0 Å². The molecular weight excluding hydrogens is 440 g/mol. The summed E-state index contributed by atoms with van der Waals surface area (Å²) in [7, 11) is -1.74. The smallest absolute Gasteiger partial charge is 0.316 e. The normalized spacial score (nSPS) is 14.8. The van der Waals surface area contributed by atoms with Gasteiger partial charge in [0.1, 0.15) is 5.75 Å². The van der Waals surface area contributed by atoms with E-state index in [-0.39, 0.29) is 10.6 Å². The number of hydrogen-bond acceptors (Lipinski definition) is 6. The van der Waals surface area contributed by atoms with Crippen molar-refractivity contribution in [3.63, 3.8) is 0 Å². The second-order valence-electron chi connectivity index (χ2n) is 8.40. The molecule has 1 heterocycles. The lowest BCUT2D eigenvalue weighted by Crippen LogP contribution is -2.46. The van der Waals surface area contributed by atoms with Crippen molar-refractivity contribution >= 4 is 27.2 Å². The van der Waals surface area contributed by atoms with Crippen molar-refractivity contribution in [2.24, 2.45) is 5.73 Å². The second kappa shape index (κ2) is 11.4. The lowest BCUT2D eigenvalue weighted by atomic mass is 10.1. The molecule has 33 heavy (non-hydrogen) atoms. The van der Waals surface area contributed by atoms with Gasteiger partial charge in [0.05, 0.1) is 23.4 Å². The first-order valence-corrected chi connectivity index (χ1v) is 13.2. The molecule has 0 unspecified atom stereocenters. The van der Waals surface area contributed by atoms with Gasteiger partial charge in [-0.05, 0) is 55.6 Å². The van der Waals surface area contributed by atoms with Crippen LogP contribution in [0.4, 0.5) is 16.2 Å². The first kappa shape index (κ1) is 24.9. The summed E-state index contributed by atoms with van der Waals surface area (Å²) in [5.41, 5.74) is 7.58. The van der Waals surface area contributed by atoms with Crippen LogP contribution in [0.15, 0.2) is 47.4 Å². The van der Waals surface area contributed by atoms with E-state index in [9.17, 15) is 13.2 Å². The Kier molecular flexibility index (Phi) is 8.57. The number of carbonyl (C=O) groups is 1. The average molecular weight is 475 g/mol. The van der Waals surface area contributed by atoms with Crippen LogP contribution in [0.5, 0.6) is 5.75 Å². The molecule has 2 aromatic carbocycles. The number of benzene rings is 2. The molecule has 1 aliphatic heterocycles. The van der Waals surface area contributed by atoms with Crippen LogP contribution in [-0.4, -0.2) is 65.4 Å². The van der Waals surface area contributed by atoms with Gasteiger partial charge in [-0.1, -0.05) is 24.6 Å². The Morgan fingerprint density at radius 3 is 2.45 bits per heavy atom. The molecule has 1 aliphatic rings. The number of sulfone groups is 1. The molecule has 2 aromatic rings. The third-order valence-electron chi connectivity index (χ3n) is 5.94. The van der Waals surface area contributed by atoms with Crippen molar-refractivity contribution in [2.75, 3.05) is 56.3 Å². The zero-order valence-corrected chi connectivity index (χ0v) is 20.2. The molecule has 3 rings (SSSR count). The SMILES string of the molecule is COc1ccccc1N1CCN(CCCCCc2ccc(S(C)(=O)=O)c(NC(N)=O)c2)CC1. The van der Waals surface area contributed by atoms with Crippen LogP contribution in [0.25, 0.3) is 0 Å². The van der Waals surface area contributed by atoms with E-state index in [0.717, 1.165) is 81.7 Å². The first-order chi connectivity index (χ1) is 15.8. The van der Waals surface area contributed by atoms with Gasteiger partial charge in [-0.25, -0.2) is 13.2 Å². The van der Waals surface area contributed by atoms with Crippen LogP contribution in [0.2, 0.25) is 0 Å². The number of nitrogens with two attached hydrogens (primary N) is 1. The Morgan fingerprint density at radius 2 is 1.79 bits per heavy atom. The number of carbonyl (C=O) groups excluding carboxylic acids is 1. The molecule has 180 valence electrons. The molecule has 0 aromatic heterocycles. The fourth-order valence-electron chi connectivity index (χ4n) is 4.23. The Bertz CT molecular complexity index is 1050. The number of methoxy groups -OCH3 is 1. The summed E-state index contributed by atoms with van der Waals surface area (Å²) < 4.78 is 29.3. The number of urea groups is 1. The number of anilines is 2. The predicted molar refractivity (Wildman–Crippen MR) is 132 cm³/mol. The van der Waals surface area contributed by atoms with Crippen molar-refractivity contribution in [3.8, 4) is 5.75 Å². The largest absolute Gasteiger partial charge is 0.495 e. The highest BCUT2D eigenvalue weighted by Crippen LogP contribution is 2.28. The number of aryl methyl sites for hydroxylation is 1. The maximum absolute atomic E-state index is 11.9. The van der Waals surface area contributed by atoms with E-state index in [4.69, 9.17) is 10.5 Å². The van der Waals surface area contributed by atoms with Crippen LogP contribution in [0, 0.1) is 0 Å². The summed E-state index contributed by atoms with van der Waals surface area (Å²) in [6.07, 6.45) is 5.13. The summed E-state index contributed by atoms with van der Waals surface area (Å²) in [6.45, 7) is 5.12. The van der Waals surface area contributed by atoms with Gasteiger partial charge in [-0.15, -0.1) is 0 Å². The summed E-state index contributed by atoms with van der Waals surface area (Å²) in [6, 6.07) is 12.4. The quantitative estimate of drug-likeness (QED) is 0.513. The Labute approximate surface area is 196 Å². The van der Waals surface area contributed by atoms with Crippen LogP contribution in [0.1, 0.15) is 24.8 Å². The molecule has 2 amide bonds. The first-order valence-electron chi connectivity index (χ1n) is 11.3. The summed E-state index contributed by atoms with van der Waals surface area (Å²) in [5, 5.41) is 2.43. The Balaban J connectivity index is 1.42. The molecule has 1 saturated heterocycles. The molecule has 0 atom stereocenters. The van der Waals surface area contributed by atoms with Crippen LogP contribution in [0.3, 0.4) is 0 Å². The van der Waals surface area contributed by atoms with Crippen LogP contribution >= 0.6 is 0 Å². The van der Waals surface area contributed by atoms with Crippen LogP contribution < -0.4 is 20.7 Å². The van der Waals surface area contributed by atoms with E-state index in [1.54, 1.807) is 19.2 Å². The zero-order chi connectivity index (χ0) is 23.8. The van der Waals surface area contributed by atoms with Gasteiger partial charge in [-0.2, -0.15) is 0 Å². The van der Waals surface area contributed by atoms with Crippen LogP contribution in [-0.2, 0) is 16.3 Å². The average Bonchev–Trinajstić information content (AvgIpc) is 2.78. The van der Waals surface area contributed by atoms with Gasteiger partial charge in [-0.3, -0.25) is 4.90 Å². The van der Waals surface area contributed by atoms with Gasteiger partial charge in [0.2, 0.25) is 0 Å². The minimum atomic E-state index is -3.45. The Morgan fingerprint density at radius 1 is 1.06 bits per heavy atom. The molecule has 0 spiro atoms. The third-order valence-corrected chi connectivity index (χ3v) is 7.09. The minimum Gasteiger partial charge on any atom is -0.495 e. The van der Waals surface area contributed by atoms with E-state index in [2.05, 4.69) is 21.2 Å². The minimum absolute atomic E-state index is 0.0808. The number of hydrogen-bond donors (Lipinski definition) is 2. The molecule has 0 radical (unpaired) electrons. The van der Waals surface area contributed by atoms with Crippen molar-refractivity contribution < 1.29 is 17.9 Å². The second-order valence-corrected chi connectivity index (χ2v) is 10.4. The number of nitrogens with one attached hydrogen (secondary N) is 1. The molecule has 1 fully saturated rings. The lowest BCUT2D eigenvalue weighted by Gasteiger charge is -2.36. The molecule has 0 aliphatic carbocycles. The molecule has 9 heteroatoms. The predicted octanol–water partition coefficient (Wildman–Crippen LogP) is 3.12. The highest BCUT2D eigenvalue weighted by atomic mass is 32.2. The van der Waals surface area contributed by atoms with Gasteiger partial charge in [0, 0.05) is 32.4 Å². The number of amides is 2. The number of para-hydroxylation sites is 2. The van der Waals surface area contributed by atoms with Gasteiger partial charge in [0.15, 0.2) is 9.84 Å². The summed E-state index contributed by atoms with van der Waals surface area (Å²) in [5.74, 6) is 0.921. The highest BCUT2D eigenvalue weighted by molar-refractivity contribution is 7.90. The van der Waals surface area contributed by atoms with E-state index >= 15 is 0 Å². The fourth-order valence-corrected chi connectivity index (χ4v) is 5.06. The van der Waals surface area contributed by atoms with E-state index in [1.165, 1.54) is 6.07 Å². The number of primary amides is 1. The topological polar surface area (TPSA) is 105 Å². The number of unbranched alkanes of at least 4 members (excludes halogenated alkanes) is 2. The molecule has 0 saturated carbocycles. The fraction of sp³-hybridized carbons (Fsp3) is 0.458.